The zero-order chi connectivity index (χ0) is 13.0. The van der Waals surface area contributed by atoms with E-state index in [1.165, 1.54) is 0 Å². The van der Waals surface area contributed by atoms with Gasteiger partial charge < -0.3 is 5.32 Å². The second-order valence-corrected chi connectivity index (χ2v) is 5.12. The topological polar surface area (TPSA) is 46.2 Å². The van der Waals surface area contributed by atoms with E-state index in [-0.39, 0.29) is 11.9 Å². The molecule has 0 saturated heterocycles. The predicted octanol–water partition coefficient (Wildman–Crippen LogP) is 2.51. The van der Waals surface area contributed by atoms with Gasteiger partial charge in [0.1, 0.15) is 5.78 Å². The molecule has 4 heteroatoms. The summed E-state index contributed by atoms with van der Waals surface area (Å²) in [6, 6.07) is 7.42. The van der Waals surface area contributed by atoms with Crippen LogP contribution in [-0.4, -0.2) is 17.7 Å². The highest BCUT2D eigenvalue weighted by molar-refractivity contribution is 6.30. The van der Waals surface area contributed by atoms with Crippen LogP contribution in [0, 0.1) is 0 Å². The van der Waals surface area contributed by atoms with E-state index < -0.39 is 0 Å². The second kappa shape index (κ2) is 6.01. The van der Waals surface area contributed by atoms with Gasteiger partial charge in [-0.25, -0.2) is 0 Å². The van der Waals surface area contributed by atoms with Gasteiger partial charge in [0.2, 0.25) is 5.91 Å². The molecule has 0 atom stereocenters. The molecule has 0 aliphatic heterocycles. The summed E-state index contributed by atoms with van der Waals surface area (Å²) in [6.07, 6.45) is 3.08. The molecule has 0 unspecified atom stereocenters. The van der Waals surface area contributed by atoms with Crippen LogP contribution in [0.3, 0.4) is 0 Å². The van der Waals surface area contributed by atoms with Gasteiger partial charge in [-0.05, 0) is 30.5 Å². The Balaban J connectivity index is 1.81. The molecule has 0 bridgehead atoms. The number of nitrogens with one attached hydrogen (secondary N) is 1. The molecule has 1 amide bonds. The molecule has 0 spiro atoms. The van der Waals surface area contributed by atoms with Crippen molar-refractivity contribution in [1.82, 2.24) is 5.32 Å². The normalized spacial score (nSPS) is 16.6. The Morgan fingerprint density at radius 2 is 1.83 bits per heavy atom. The molecule has 2 rings (SSSR count). The summed E-state index contributed by atoms with van der Waals surface area (Å²) in [7, 11) is 0. The zero-order valence-corrected chi connectivity index (χ0v) is 10.9. The van der Waals surface area contributed by atoms with E-state index in [0.29, 0.717) is 30.1 Å². The molecular formula is C14H16ClNO2. The summed E-state index contributed by atoms with van der Waals surface area (Å²) in [6.45, 7) is 0. The molecule has 0 aromatic heterocycles. The number of carbonyl (C=O) groups is 2. The average Bonchev–Trinajstić information content (AvgIpc) is 2.35. The lowest BCUT2D eigenvalue weighted by Gasteiger charge is -2.22. The van der Waals surface area contributed by atoms with Crippen molar-refractivity contribution >= 4 is 23.3 Å². The highest BCUT2D eigenvalue weighted by Gasteiger charge is 2.20. The third-order valence-electron chi connectivity index (χ3n) is 3.19. The van der Waals surface area contributed by atoms with Gasteiger partial charge in [-0.15, -0.1) is 0 Å². The number of carbonyl (C=O) groups excluding carboxylic acids is 2. The fraction of sp³-hybridized carbons (Fsp3) is 0.429. The van der Waals surface area contributed by atoms with Gasteiger partial charge in [-0.3, -0.25) is 9.59 Å². The molecule has 1 aromatic carbocycles. The Hall–Kier alpha value is -1.35. The summed E-state index contributed by atoms with van der Waals surface area (Å²) < 4.78 is 0. The van der Waals surface area contributed by atoms with Crippen LogP contribution in [0.1, 0.15) is 31.2 Å². The summed E-state index contributed by atoms with van der Waals surface area (Å²) in [4.78, 5) is 22.9. The zero-order valence-electron chi connectivity index (χ0n) is 10.1. The van der Waals surface area contributed by atoms with Gasteiger partial charge in [-0.1, -0.05) is 23.7 Å². The summed E-state index contributed by atoms with van der Waals surface area (Å²) >= 11 is 5.79. The molecule has 1 fully saturated rings. The van der Waals surface area contributed by atoms with Crippen LogP contribution in [-0.2, 0) is 16.0 Å². The Morgan fingerprint density at radius 1 is 1.22 bits per heavy atom. The number of rotatable bonds is 3. The van der Waals surface area contributed by atoms with Crippen LogP contribution in [0.5, 0.6) is 0 Å². The number of benzene rings is 1. The lowest BCUT2D eigenvalue weighted by molar-refractivity contribution is -0.124. The summed E-state index contributed by atoms with van der Waals surface area (Å²) in [5, 5.41) is 3.65. The smallest absolute Gasteiger partial charge is 0.224 e. The van der Waals surface area contributed by atoms with Gasteiger partial charge in [0, 0.05) is 23.9 Å². The molecular weight excluding hydrogens is 250 g/mol. The molecule has 18 heavy (non-hydrogen) atoms. The monoisotopic (exact) mass is 265 g/mol. The third kappa shape index (κ3) is 3.84. The van der Waals surface area contributed by atoms with Crippen LogP contribution >= 0.6 is 11.6 Å². The van der Waals surface area contributed by atoms with Crippen molar-refractivity contribution in [2.75, 3.05) is 0 Å². The number of hydrogen-bond donors (Lipinski definition) is 1. The van der Waals surface area contributed by atoms with Crippen molar-refractivity contribution in [3.8, 4) is 0 Å². The largest absolute Gasteiger partial charge is 0.353 e. The average molecular weight is 266 g/mol. The van der Waals surface area contributed by atoms with Crippen LogP contribution in [0.2, 0.25) is 5.02 Å². The Kier molecular flexibility index (Phi) is 4.37. The molecule has 96 valence electrons. The Bertz CT molecular complexity index is 432. The van der Waals surface area contributed by atoms with Crippen LogP contribution in [0.15, 0.2) is 24.3 Å². The minimum atomic E-state index is 0.0108. The summed E-state index contributed by atoms with van der Waals surface area (Å²) in [5.74, 6) is 0.315. The van der Waals surface area contributed by atoms with E-state index in [2.05, 4.69) is 5.32 Å². The molecule has 1 aliphatic rings. The van der Waals surface area contributed by atoms with Gasteiger partial charge in [0.25, 0.3) is 0 Å². The first kappa shape index (κ1) is 13.1. The first-order valence-electron chi connectivity index (χ1n) is 6.19. The van der Waals surface area contributed by atoms with E-state index in [1.807, 2.05) is 12.1 Å². The van der Waals surface area contributed by atoms with Crippen molar-refractivity contribution in [1.29, 1.82) is 0 Å². The van der Waals surface area contributed by atoms with Gasteiger partial charge in [-0.2, -0.15) is 0 Å². The molecule has 1 aromatic rings. The van der Waals surface area contributed by atoms with Crippen molar-refractivity contribution in [3.63, 3.8) is 0 Å². The predicted molar refractivity (Wildman–Crippen MR) is 70.6 cm³/mol. The lowest BCUT2D eigenvalue weighted by atomic mass is 9.94. The molecule has 3 nitrogen and oxygen atoms in total. The summed E-state index contributed by atoms with van der Waals surface area (Å²) in [5.41, 5.74) is 0.948. The molecule has 0 radical (unpaired) electrons. The van der Waals surface area contributed by atoms with Crippen molar-refractivity contribution in [2.45, 2.75) is 38.1 Å². The number of halogens is 1. The molecule has 1 N–H and O–H groups in total. The number of hydrogen-bond acceptors (Lipinski definition) is 2. The maximum absolute atomic E-state index is 11.8. The molecule has 0 heterocycles. The number of ketones is 1. The second-order valence-electron chi connectivity index (χ2n) is 4.68. The maximum atomic E-state index is 11.8. The highest BCUT2D eigenvalue weighted by Crippen LogP contribution is 2.15. The lowest BCUT2D eigenvalue weighted by Crippen LogP contribution is -2.38. The van der Waals surface area contributed by atoms with E-state index in [9.17, 15) is 9.59 Å². The van der Waals surface area contributed by atoms with Crippen molar-refractivity contribution in [2.24, 2.45) is 0 Å². The van der Waals surface area contributed by atoms with Crippen molar-refractivity contribution < 1.29 is 9.59 Å². The standard InChI is InChI=1S/C14H16ClNO2/c15-11-3-1-10(2-4-11)9-14(18)16-12-5-7-13(17)8-6-12/h1-4,12H,5-9H2,(H,16,18). The minimum absolute atomic E-state index is 0.0108. The van der Waals surface area contributed by atoms with E-state index in [0.717, 1.165) is 18.4 Å². The number of amides is 1. The Labute approximate surface area is 112 Å². The van der Waals surface area contributed by atoms with Crippen molar-refractivity contribution in [3.05, 3.63) is 34.9 Å². The first-order valence-corrected chi connectivity index (χ1v) is 6.57. The Morgan fingerprint density at radius 3 is 2.44 bits per heavy atom. The van der Waals surface area contributed by atoms with E-state index in [4.69, 9.17) is 11.6 Å². The first-order chi connectivity index (χ1) is 8.63. The minimum Gasteiger partial charge on any atom is -0.353 e. The maximum Gasteiger partial charge on any atom is 0.224 e. The molecule has 1 saturated carbocycles. The quantitative estimate of drug-likeness (QED) is 0.913. The van der Waals surface area contributed by atoms with Gasteiger partial charge >= 0.3 is 0 Å². The van der Waals surface area contributed by atoms with Gasteiger partial charge in [0.05, 0.1) is 6.42 Å². The third-order valence-corrected chi connectivity index (χ3v) is 3.44. The van der Waals surface area contributed by atoms with Crippen LogP contribution in [0.4, 0.5) is 0 Å². The highest BCUT2D eigenvalue weighted by atomic mass is 35.5. The van der Waals surface area contributed by atoms with E-state index in [1.54, 1.807) is 12.1 Å². The molecule has 1 aliphatic carbocycles. The van der Waals surface area contributed by atoms with E-state index >= 15 is 0 Å². The van der Waals surface area contributed by atoms with Crippen LogP contribution < -0.4 is 5.32 Å². The number of Topliss-reactive ketones (excluding diaryl/α,β-unsaturated/α-hetero) is 1. The van der Waals surface area contributed by atoms with Crippen LogP contribution in [0.25, 0.3) is 0 Å². The van der Waals surface area contributed by atoms with Gasteiger partial charge in [0.15, 0.2) is 0 Å². The SMILES string of the molecule is O=C1CCC(NC(=O)Cc2ccc(Cl)cc2)CC1. The fourth-order valence-corrected chi connectivity index (χ4v) is 2.28. The fourth-order valence-electron chi connectivity index (χ4n) is 2.15.